The van der Waals surface area contributed by atoms with E-state index in [0.29, 0.717) is 18.3 Å². The van der Waals surface area contributed by atoms with Crippen LogP contribution in [0.15, 0.2) is 11.6 Å². The number of rotatable bonds is 3. The fourth-order valence-corrected chi connectivity index (χ4v) is 3.21. The van der Waals surface area contributed by atoms with Crippen LogP contribution < -0.4 is 10.2 Å². The second-order valence-electron chi connectivity index (χ2n) is 5.42. The van der Waals surface area contributed by atoms with Crippen molar-refractivity contribution < 1.29 is 19.1 Å². The van der Waals surface area contributed by atoms with Crippen molar-refractivity contribution in [1.29, 1.82) is 0 Å². The van der Waals surface area contributed by atoms with Gasteiger partial charge in [0.2, 0.25) is 0 Å². The fraction of sp³-hybridized carbons (Fsp3) is 0.643. The number of hydrogen-bond donors (Lipinski definition) is 1. The van der Waals surface area contributed by atoms with Gasteiger partial charge in [-0.05, 0) is 32.1 Å². The first-order chi connectivity index (χ1) is 10.7. The molecule has 0 unspecified atom stereocenters. The standard InChI is InChI=1S/C14H19N3O4S/c18-12(16-14(19)21-11-2-1-3-11)17(13-15-6-9-22-13)10-4-7-20-8-5-10/h6,9-11H,1-5,7-8H2,(H,16,18,19). The summed E-state index contributed by atoms with van der Waals surface area (Å²) in [7, 11) is 0. The first-order valence-electron chi connectivity index (χ1n) is 7.52. The van der Waals surface area contributed by atoms with E-state index in [0.717, 1.165) is 32.1 Å². The maximum Gasteiger partial charge on any atom is 0.415 e. The van der Waals surface area contributed by atoms with Gasteiger partial charge in [-0.25, -0.2) is 19.9 Å². The van der Waals surface area contributed by atoms with Gasteiger partial charge < -0.3 is 9.47 Å². The summed E-state index contributed by atoms with van der Waals surface area (Å²) in [6.07, 6.45) is 5.18. The number of anilines is 1. The molecule has 1 aromatic rings. The highest BCUT2D eigenvalue weighted by Crippen LogP contribution is 2.25. The third kappa shape index (κ3) is 3.56. The minimum Gasteiger partial charge on any atom is -0.446 e. The summed E-state index contributed by atoms with van der Waals surface area (Å²) in [6.45, 7) is 1.21. The minimum atomic E-state index is -0.677. The smallest absolute Gasteiger partial charge is 0.415 e. The van der Waals surface area contributed by atoms with Gasteiger partial charge in [-0.15, -0.1) is 11.3 Å². The Labute approximate surface area is 132 Å². The number of aromatic nitrogens is 1. The topological polar surface area (TPSA) is 80.8 Å². The molecule has 22 heavy (non-hydrogen) atoms. The molecule has 2 aliphatic rings. The number of hydrogen-bond acceptors (Lipinski definition) is 6. The summed E-state index contributed by atoms with van der Waals surface area (Å²) in [5.74, 6) is 0. The SMILES string of the molecule is O=C(NC(=O)N(c1nccs1)C1CCOCC1)OC1CCC1. The van der Waals surface area contributed by atoms with Crippen molar-refractivity contribution >= 4 is 28.6 Å². The zero-order valence-electron chi connectivity index (χ0n) is 12.2. The van der Waals surface area contributed by atoms with Crippen LogP contribution in [0.4, 0.5) is 14.7 Å². The lowest BCUT2D eigenvalue weighted by molar-refractivity contribution is 0.0542. The van der Waals surface area contributed by atoms with Crippen LogP contribution in [0.2, 0.25) is 0 Å². The summed E-state index contributed by atoms with van der Waals surface area (Å²) in [4.78, 5) is 30.0. The van der Waals surface area contributed by atoms with E-state index < -0.39 is 12.1 Å². The molecule has 0 bridgehead atoms. The van der Waals surface area contributed by atoms with Gasteiger partial charge in [0, 0.05) is 30.8 Å². The number of ether oxygens (including phenoxy) is 2. The molecule has 0 aromatic carbocycles. The summed E-state index contributed by atoms with van der Waals surface area (Å²) < 4.78 is 10.5. The number of thiazole rings is 1. The lowest BCUT2D eigenvalue weighted by Gasteiger charge is -2.32. The van der Waals surface area contributed by atoms with E-state index in [-0.39, 0.29) is 12.1 Å². The molecule has 3 rings (SSSR count). The molecule has 8 heteroatoms. The number of carbonyl (C=O) groups is 2. The number of nitrogens with one attached hydrogen (secondary N) is 1. The van der Waals surface area contributed by atoms with Gasteiger partial charge in [0.05, 0.1) is 0 Å². The van der Waals surface area contributed by atoms with Crippen molar-refractivity contribution in [3.63, 3.8) is 0 Å². The highest BCUT2D eigenvalue weighted by molar-refractivity contribution is 7.13. The molecule has 1 saturated heterocycles. The molecule has 120 valence electrons. The molecule has 1 aromatic heterocycles. The quantitative estimate of drug-likeness (QED) is 0.923. The molecule has 1 N–H and O–H groups in total. The highest BCUT2D eigenvalue weighted by atomic mass is 32.1. The van der Waals surface area contributed by atoms with Gasteiger partial charge in [0.25, 0.3) is 0 Å². The normalized spacial score (nSPS) is 19.3. The van der Waals surface area contributed by atoms with Crippen molar-refractivity contribution in [3.05, 3.63) is 11.6 Å². The van der Waals surface area contributed by atoms with Crippen molar-refractivity contribution in [2.75, 3.05) is 18.1 Å². The third-order valence-corrected chi connectivity index (χ3v) is 4.71. The first-order valence-corrected chi connectivity index (χ1v) is 8.40. The van der Waals surface area contributed by atoms with Crippen LogP contribution in [0.5, 0.6) is 0 Å². The van der Waals surface area contributed by atoms with Gasteiger partial charge in [0.1, 0.15) is 6.10 Å². The van der Waals surface area contributed by atoms with Crippen LogP contribution >= 0.6 is 11.3 Å². The van der Waals surface area contributed by atoms with Crippen LogP contribution in [0.3, 0.4) is 0 Å². The van der Waals surface area contributed by atoms with Crippen LogP contribution in [0, 0.1) is 0 Å². The van der Waals surface area contributed by atoms with E-state index >= 15 is 0 Å². The van der Waals surface area contributed by atoms with Crippen molar-refractivity contribution in [1.82, 2.24) is 10.3 Å². The molecular formula is C14H19N3O4S. The van der Waals surface area contributed by atoms with Crippen LogP contribution in [-0.4, -0.2) is 42.5 Å². The fourth-order valence-electron chi connectivity index (χ4n) is 2.50. The van der Waals surface area contributed by atoms with Crippen molar-refractivity contribution in [2.24, 2.45) is 0 Å². The third-order valence-electron chi connectivity index (χ3n) is 3.94. The van der Waals surface area contributed by atoms with E-state index in [2.05, 4.69) is 10.3 Å². The number of nitrogens with zero attached hydrogens (tertiary/aromatic N) is 2. The molecular weight excluding hydrogens is 306 g/mol. The number of imide groups is 1. The Bertz CT molecular complexity index is 512. The molecule has 3 amide bonds. The molecule has 2 heterocycles. The average Bonchev–Trinajstić information content (AvgIpc) is 2.98. The number of urea groups is 1. The summed E-state index contributed by atoms with van der Waals surface area (Å²) in [5.41, 5.74) is 0. The molecule has 0 radical (unpaired) electrons. The van der Waals surface area contributed by atoms with Crippen molar-refractivity contribution in [2.45, 2.75) is 44.2 Å². The molecule has 1 aliphatic heterocycles. The van der Waals surface area contributed by atoms with Gasteiger partial charge in [-0.3, -0.25) is 4.90 Å². The zero-order chi connectivity index (χ0) is 15.4. The first kappa shape index (κ1) is 15.2. The molecule has 0 atom stereocenters. The van der Waals surface area contributed by atoms with Crippen molar-refractivity contribution in [3.8, 4) is 0 Å². The summed E-state index contributed by atoms with van der Waals surface area (Å²) in [6, 6.07) is -0.498. The molecule has 1 saturated carbocycles. The van der Waals surface area contributed by atoms with Gasteiger partial charge >= 0.3 is 12.1 Å². The maximum atomic E-state index is 12.5. The molecule has 1 aliphatic carbocycles. The molecule has 0 spiro atoms. The van der Waals surface area contributed by atoms with Crippen LogP contribution in [0.1, 0.15) is 32.1 Å². The Morgan fingerprint density at radius 3 is 2.68 bits per heavy atom. The zero-order valence-corrected chi connectivity index (χ0v) is 13.0. The monoisotopic (exact) mass is 325 g/mol. The predicted octanol–water partition coefficient (Wildman–Crippen LogP) is 2.53. The lowest BCUT2D eigenvalue weighted by atomic mass is 9.96. The maximum absolute atomic E-state index is 12.5. The molecule has 2 fully saturated rings. The predicted molar refractivity (Wildman–Crippen MR) is 81.1 cm³/mol. The Morgan fingerprint density at radius 2 is 2.09 bits per heavy atom. The van der Waals surface area contributed by atoms with Crippen LogP contribution in [-0.2, 0) is 9.47 Å². The number of alkyl carbamates (subject to hydrolysis) is 1. The van der Waals surface area contributed by atoms with E-state index in [4.69, 9.17) is 9.47 Å². The Hall–Kier alpha value is -1.67. The summed E-state index contributed by atoms with van der Waals surface area (Å²) >= 11 is 1.37. The van der Waals surface area contributed by atoms with Gasteiger partial charge in [-0.2, -0.15) is 0 Å². The van der Waals surface area contributed by atoms with Gasteiger partial charge in [0.15, 0.2) is 5.13 Å². The lowest BCUT2D eigenvalue weighted by Crippen LogP contribution is -2.50. The van der Waals surface area contributed by atoms with E-state index in [1.807, 2.05) is 5.38 Å². The van der Waals surface area contributed by atoms with E-state index in [1.54, 1.807) is 11.1 Å². The largest absolute Gasteiger partial charge is 0.446 e. The van der Waals surface area contributed by atoms with Gasteiger partial charge in [-0.1, -0.05) is 0 Å². The second-order valence-corrected chi connectivity index (χ2v) is 6.29. The minimum absolute atomic E-state index is 0.0172. The average molecular weight is 325 g/mol. The summed E-state index contributed by atoms with van der Waals surface area (Å²) in [5, 5.41) is 4.71. The Kier molecular flexibility index (Phi) is 4.89. The molecule has 7 nitrogen and oxygen atoms in total. The highest BCUT2D eigenvalue weighted by Gasteiger charge is 2.31. The Morgan fingerprint density at radius 1 is 1.32 bits per heavy atom. The Balaban J connectivity index is 1.65. The van der Waals surface area contributed by atoms with Crippen LogP contribution in [0.25, 0.3) is 0 Å². The van der Waals surface area contributed by atoms with E-state index in [1.165, 1.54) is 11.3 Å². The number of amides is 3. The second kappa shape index (κ2) is 7.06. The number of carbonyl (C=O) groups excluding carboxylic acids is 2. The van der Waals surface area contributed by atoms with E-state index in [9.17, 15) is 9.59 Å².